The van der Waals surface area contributed by atoms with E-state index in [0.717, 1.165) is 17.7 Å². The van der Waals surface area contributed by atoms with Crippen molar-refractivity contribution in [2.75, 3.05) is 16.6 Å². The van der Waals surface area contributed by atoms with Crippen molar-refractivity contribution >= 4 is 27.3 Å². The molecule has 9 heteroatoms. The fourth-order valence-electron chi connectivity index (χ4n) is 2.93. The van der Waals surface area contributed by atoms with Crippen molar-refractivity contribution in [3.05, 3.63) is 77.9 Å². The topological polar surface area (TPSA) is 97.4 Å². The van der Waals surface area contributed by atoms with Crippen molar-refractivity contribution in [2.24, 2.45) is 0 Å². The first-order valence-corrected chi connectivity index (χ1v) is 10.2. The summed E-state index contributed by atoms with van der Waals surface area (Å²) in [5, 5.41) is 2.55. The van der Waals surface area contributed by atoms with Crippen LogP contribution in [0.4, 0.5) is 15.8 Å². The summed E-state index contributed by atoms with van der Waals surface area (Å²) in [6.45, 7) is 0.500. The molecule has 1 aromatic heterocycles. The Hall–Kier alpha value is -3.46. The summed E-state index contributed by atoms with van der Waals surface area (Å²) in [5.74, 6) is -0.550. The number of fused-ring (bicyclic) bond motifs is 1. The first kappa shape index (κ1) is 18.9. The number of rotatable bonds is 5. The number of pyridine rings is 1. The van der Waals surface area contributed by atoms with E-state index in [4.69, 9.17) is 4.74 Å². The first-order valence-electron chi connectivity index (χ1n) is 8.73. The first-order chi connectivity index (χ1) is 13.9. The summed E-state index contributed by atoms with van der Waals surface area (Å²) in [6, 6.07) is 12.8. The van der Waals surface area contributed by atoms with E-state index in [2.05, 4.69) is 15.0 Å². The van der Waals surface area contributed by atoms with Crippen LogP contribution in [0.3, 0.4) is 0 Å². The lowest BCUT2D eigenvalue weighted by Crippen LogP contribution is -2.18. The van der Waals surface area contributed by atoms with E-state index in [1.807, 2.05) is 0 Å². The summed E-state index contributed by atoms with van der Waals surface area (Å²) in [5.41, 5.74) is 0.946. The molecule has 148 valence electrons. The maximum atomic E-state index is 13.8. The van der Waals surface area contributed by atoms with Crippen molar-refractivity contribution in [3.63, 3.8) is 0 Å². The average Bonchev–Trinajstić information content (AvgIpc) is 3.18. The number of carbonyl (C=O) groups excluding carboxylic acids is 1. The number of amides is 1. The lowest BCUT2D eigenvalue weighted by molar-refractivity contribution is 0.102. The summed E-state index contributed by atoms with van der Waals surface area (Å²) >= 11 is 0. The number of anilines is 2. The molecule has 1 aliphatic heterocycles. The number of nitrogens with one attached hydrogen (secondary N) is 2. The minimum atomic E-state index is -4.01. The van der Waals surface area contributed by atoms with Crippen LogP contribution in [-0.2, 0) is 16.4 Å². The molecule has 4 rings (SSSR count). The quantitative estimate of drug-likeness (QED) is 0.669. The molecule has 0 aliphatic carbocycles. The van der Waals surface area contributed by atoms with Gasteiger partial charge in [0.1, 0.15) is 17.3 Å². The Bertz CT molecular complexity index is 1180. The highest BCUT2D eigenvalue weighted by atomic mass is 32.2. The Balaban J connectivity index is 1.63. The second-order valence-corrected chi connectivity index (χ2v) is 8.01. The molecule has 2 N–H and O–H groups in total. The molecule has 0 saturated heterocycles. The normalized spacial score (nSPS) is 12.7. The van der Waals surface area contributed by atoms with Crippen LogP contribution in [0.1, 0.15) is 16.1 Å². The van der Waals surface area contributed by atoms with Crippen molar-refractivity contribution in [1.82, 2.24) is 4.98 Å². The van der Waals surface area contributed by atoms with Crippen LogP contribution in [0.25, 0.3) is 0 Å². The van der Waals surface area contributed by atoms with Crippen LogP contribution < -0.4 is 14.8 Å². The molecule has 7 nitrogen and oxygen atoms in total. The van der Waals surface area contributed by atoms with E-state index in [1.54, 1.807) is 18.2 Å². The summed E-state index contributed by atoms with van der Waals surface area (Å²) in [6.07, 6.45) is 2.07. The zero-order valence-electron chi connectivity index (χ0n) is 15.1. The third-order valence-electron chi connectivity index (χ3n) is 4.34. The predicted molar refractivity (Wildman–Crippen MR) is 105 cm³/mol. The number of ether oxygens (including phenoxy) is 1. The van der Waals surface area contributed by atoms with Crippen molar-refractivity contribution in [3.8, 4) is 5.75 Å². The van der Waals surface area contributed by atoms with E-state index in [9.17, 15) is 17.6 Å². The monoisotopic (exact) mass is 413 g/mol. The fraction of sp³-hybridized carbons (Fsp3) is 0.100. The van der Waals surface area contributed by atoms with Crippen LogP contribution in [0.5, 0.6) is 5.75 Å². The number of carbonyl (C=O) groups is 1. The summed E-state index contributed by atoms with van der Waals surface area (Å²) in [4.78, 5) is 16.3. The fourth-order valence-corrected chi connectivity index (χ4v) is 4.05. The van der Waals surface area contributed by atoms with Gasteiger partial charge in [0, 0.05) is 18.7 Å². The molecule has 2 aromatic carbocycles. The molecule has 0 fully saturated rings. The van der Waals surface area contributed by atoms with Gasteiger partial charge in [-0.25, -0.2) is 12.8 Å². The molecule has 0 radical (unpaired) electrons. The minimum Gasteiger partial charge on any atom is -0.493 e. The maximum Gasteiger partial charge on any atom is 0.274 e. The number of halogens is 1. The van der Waals surface area contributed by atoms with Gasteiger partial charge in [-0.1, -0.05) is 6.07 Å². The van der Waals surface area contributed by atoms with Gasteiger partial charge in [0.15, 0.2) is 0 Å². The molecule has 0 saturated carbocycles. The van der Waals surface area contributed by atoms with Gasteiger partial charge in [-0.3, -0.25) is 14.5 Å². The Morgan fingerprint density at radius 3 is 2.72 bits per heavy atom. The molecule has 29 heavy (non-hydrogen) atoms. The van der Waals surface area contributed by atoms with E-state index < -0.39 is 21.7 Å². The van der Waals surface area contributed by atoms with Gasteiger partial charge >= 0.3 is 0 Å². The van der Waals surface area contributed by atoms with Gasteiger partial charge in [0.25, 0.3) is 15.9 Å². The van der Waals surface area contributed by atoms with Crippen LogP contribution in [0.2, 0.25) is 0 Å². The van der Waals surface area contributed by atoms with Crippen LogP contribution in [0, 0.1) is 5.82 Å². The molecular formula is C20H16FN3O4S. The largest absolute Gasteiger partial charge is 0.493 e. The second-order valence-electron chi connectivity index (χ2n) is 6.33. The molecule has 0 bridgehead atoms. The summed E-state index contributed by atoms with van der Waals surface area (Å²) < 4.78 is 47.2. The number of hydrogen-bond acceptors (Lipinski definition) is 5. The molecular weight excluding hydrogens is 397 g/mol. The number of hydrogen-bond donors (Lipinski definition) is 2. The molecule has 0 spiro atoms. The Labute approximate surface area is 166 Å². The molecule has 1 aliphatic rings. The third-order valence-corrected chi connectivity index (χ3v) is 5.71. The van der Waals surface area contributed by atoms with E-state index in [1.165, 1.54) is 30.5 Å². The van der Waals surface area contributed by atoms with Crippen LogP contribution >= 0.6 is 0 Å². The maximum absolute atomic E-state index is 13.8. The van der Waals surface area contributed by atoms with E-state index in [-0.39, 0.29) is 22.0 Å². The number of sulfonamides is 1. The Kier molecular flexibility index (Phi) is 4.89. The summed E-state index contributed by atoms with van der Waals surface area (Å²) in [7, 11) is -4.01. The SMILES string of the molecule is O=C(Nc1ccc(F)cc1NS(=O)(=O)c1ccc2c(c1)CCO2)c1ccccn1. The Morgan fingerprint density at radius 1 is 1.07 bits per heavy atom. The molecule has 0 atom stereocenters. The smallest absolute Gasteiger partial charge is 0.274 e. The van der Waals surface area contributed by atoms with Gasteiger partial charge in [-0.2, -0.15) is 0 Å². The minimum absolute atomic E-state index is 0.0213. The molecule has 0 unspecified atom stereocenters. The number of benzene rings is 2. The highest BCUT2D eigenvalue weighted by molar-refractivity contribution is 7.92. The predicted octanol–water partition coefficient (Wildman–Crippen LogP) is 3.21. The van der Waals surface area contributed by atoms with E-state index >= 15 is 0 Å². The standard InChI is InChI=1S/C20H16FN3O4S/c21-14-4-6-16(23-20(25)17-3-1-2-9-22-17)18(12-14)24-29(26,27)15-5-7-19-13(11-15)8-10-28-19/h1-7,9,11-12,24H,8,10H2,(H,23,25). The second kappa shape index (κ2) is 7.51. The zero-order chi connectivity index (χ0) is 20.4. The lowest BCUT2D eigenvalue weighted by atomic mass is 10.2. The Morgan fingerprint density at radius 2 is 1.93 bits per heavy atom. The van der Waals surface area contributed by atoms with Crippen molar-refractivity contribution in [1.29, 1.82) is 0 Å². The average molecular weight is 413 g/mol. The number of aromatic nitrogens is 1. The molecule has 2 heterocycles. The lowest BCUT2D eigenvalue weighted by Gasteiger charge is -2.14. The van der Waals surface area contributed by atoms with Gasteiger partial charge in [-0.05, 0) is 48.0 Å². The molecule has 1 amide bonds. The van der Waals surface area contributed by atoms with Gasteiger partial charge in [0.2, 0.25) is 0 Å². The highest BCUT2D eigenvalue weighted by Gasteiger charge is 2.21. The van der Waals surface area contributed by atoms with E-state index in [0.29, 0.717) is 18.8 Å². The third kappa shape index (κ3) is 4.04. The number of nitrogens with zero attached hydrogens (tertiary/aromatic N) is 1. The van der Waals surface area contributed by atoms with Crippen molar-refractivity contribution < 1.29 is 22.3 Å². The van der Waals surface area contributed by atoms with Gasteiger partial charge in [0.05, 0.1) is 22.9 Å². The van der Waals surface area contributed by atoms with Crippen molar-refractivity contribution in [2.45, 2.75) is 11.3 Å². The van der Waals surface area contributed by atoms with Crippen LogP contribution in [-0.4, -0.2) is 25.9 Å². The van der Waals surface area contributed by atoms with Crippen LogP contribution in [0.15, 0.2) is 65.7 Å². The van der Waals surface area contributed by atoms with Gasteiger partial charge < -0.3 is 10.1 Å². The highest BCUT2D eigenvalue weighted by Crippen LogP contribution is 2.30. The van der Waals surface area contributed by atoms with Gasteiger partial charge in [-0.15, -0.1) is 0 Å². The zero-order valence-corrected chi connectivity index (χ0v) is 15.9. The molecule has 3 aromatic rings.